The predicted octanol–water partition coefficient (Wildman–Crippen LogP) is 4.71. The average molecular weight is 478 g/mol. The third kappa shape index (κ3) is 4.10. The summed E-state index contributed by atoms with van der Waals surface area (Å²) < 4.78 is 6.84. The van der Waals surface area contributed by atoms with Crippen molar-refractivity contribution in [2.24, 2.45) is 5.41 Å². The summed E-state index contributed by atoms with van der Waals surface area (Å²) >= 11 is 2.15. The lowest BCUT2D eigenvalue weighted by Crippen LogP contribution is -2.42. The minimum absolute atomic E-state index is 0.0544. The van der Waals surface area contributed by atoms with Gasteiger partial charge < -0.3 is 15.0 Å². The minimum Gasteiger partial charge on any atom is -0.490 e. The highest BCUT2D eigenvalue weighted by molar-refractivity contribution is 14.1. The molecule has 2 amide bonds. The van der Waals surface area contributed by atoms with E-state index in [1.165, 1.54) is 0 Å². The second kappa shape index (κ2) is 7.88. The Labute approximate surface area is 173 Å². The van der Waals surface area contributed by atoms with E-state index in [2.05, 4.69) is 27.9 Å². The Morgan fingerprint density at radius 3 is 2.70 bits per heavy atom. The molecule has 27 heavy (non-hydrogen) atoms. The average Bonchev–Trinajstić information content (AvgIpc) is 2.72. The van der Waals surface area contributed by atoms with E-state index in [1.807, 2.05) is 51.1 Å². The number of ether oxygens (including phenoxy) is 1. The third-order valence-corrected chi connectivity index (χ3v) is 5.43. The normalized spacial score (nSPS) is 15.6. The zero-order chi connectivity index (χ0) is 19.6. The number of benzene rings is 2. The molecule has 0 spiro atoms. The molecular weight excluding hydrogens is 455 g/mol. The number of hydrogen-bond donors (Lipinski definition) is 1. The van der Waals surface area contributed by atoms with Crippen molar-refractivity contribution in [3.8, 4) is 5.75 Å². The van der Waals surface area contributed by atoms with Crippen LogP contribution < -0.4 is 15.0 Å². The van der Waals surface area contributed by atoms with E-state index in [9.17, 15) is 9.59 Å². The molecule has 0 unspecified atom stereocenters. The number of hydrogen-bond acceptors (Lipinski definition) is 3. The second-order valence-electron chi connectivity index (χ2n) is 7.25. The smallest absolute Gasteiger partial charge is 0.256 e. The van der Waals surface area contributed by atoms with Crippen LogP contribution in [0.4, 0.5) is 11.4 Å². The quantitative estimate of drug-likeness (QED) is 0.648. The number of nitrogens with one attached hydrogen (secondary N) is 1. The van der Waals surface area contributed by atoms with Gasteiger partial charge in [0, 0.05) is 21.9 Å². The molecule has 0 atom stereocenters. The molecule has 0 fully saturated rings. The molecular formula is C21H23IN2O3. The maximum absolute atomic E-state index is 12.9. The number of carbonyl (C=O) groups excluding carboxylic acids is 2. The number of anilines is 2. The van der Waals surface area contributed by atoms with Gasteiger partial charge in [0.15, 0.2) is 0 Å². The van der Waals surface area contributed by atoms with E-state index in [-0.39, 0.29) is 11.8 Å². The molecule has 142 valence electrons. The van der Waals surface area contributed by atoms with Crippen LogP contribution in [0.3, 0.4) is 0 Å². The Morgan fingerprint density at radius 1 is 1.26 bits per heavy atom. The largest absolute Gasteiger partial charge is 0.490 e. The lowest BCUT2D eigenvalue weighted by Gasteiger charge is -2.27. The van der Waals surface area contributed by atoms with Crippen LogP contribution >= 0.6 is 22.6 Å². The summed E-state index contributed by atoms with van der Waals surface area (Å²) in [6, 6.07) is 12.9. The van der Waals surface area contributed by atoms with Gasteiger partial charge in [-0.2, -0.15) is 0 Å². The van der Waals surface area contributed by atoms with Crippen molar-refractivity contribution in [1.29, 1.82) is 0 Å². The van der Waals surface area contributed by atoms with E-state index in [0.29, 0.717) is 30.2 Å². The fraction of sp³-hybridized carbons (Fsp3) is 0.333. The van der Waals surface area contributed by atoms with Gasteiger partial charge in [0.05, 0.1) is 16.7 Å². The number of amides is 2. The number of nitrogens with zero attached hydrogens (tertiary/aromatic N) is 1. The zero-order valence-electron chi connectivity index (χ0n) is 15.7. The Morgan fingerprint density at radius 2 is 2.00 bits per heavy atom. The highest BCUT2D eigenvalue weighted by atomic mass is 127. The van der Waals surface area contributed by atoms with Crippen molar-refractivity contribution in [2.75, 3.05) is 23.4 Å². The van der Waals surface area contributed by atoms with Gasteiger partial charge in [-0.25, -0.2) is 0 Å². The van der Waals surface area contributed by atoms with E-state index in [4.69, 9.17) is 4.74 Å². The Hall–Kier alpha value is -2.09. The molecule has 1 N–H and O–H groups in total. The molecule has 2 aromatic carbocycles. The van der Waals surface area contributed by atoms with Crippen LogP contribution in [-0.2, 0) is 4.79 Å². The van der Waals surface area contributed by atoms with Gasteiger partial charge in [-0.3, -0.25) is 9.59 Å². The molecule has 3 rings (SSSR count). The van der Waals surface area contributed by atoms with Crippen molar-refractivity contribution >= 4 is 45.8 Å². The van der Waals surface area contributed by atoms with Gasteiger partial charge in [0.25, 0.3) is 5.91 Å². The molecule has 0 bridgehead atoms. The van der Waals surface area contributed by atoms with Crippen LogP contribution in [0.2, 0.25) is 0 Å². The summed E-state index contributed by atoms with van der Waals surface area (Å²) in [7, 11) is 0. The van der Waals surface area contributed by atoms with Gasteiger partial charge in [-0.1, -0.05) is 19.1 Å². The molecule has 0 aromatic heterocycles. The maximum atomic E-state index is 12.9. The molecule has 0 aliphatic carbocycles. The summed E-state index contributed by atoms with van der Waals surface area (Å²) in [4.78, 5) is 27.2. The van der Waals surface area contributed by atoms with Gasteiger partial charge in [0.2, 0.25) is 5.91 Å². The van der Waals surface area contributed by atoms with Crippen LogP contribution in [0.15, 0.2) is 42.5 Å². The lowest BCUT2D eigenvalue weighted by molar-refractivity contribution is -0.127. The number of carbonyl (C=O) groups is 2. The van der Waals surface area contributed by atoms with Gasteiger partial charge in [-0.15, -0.1) is 0 Å². The summed E-state index contributed by atoms with van der Waals surface area (Å²) in [6.07, 6.45) is 0.853. The number of fused-ring (bicyclic) bond motifs is 1. The molecule has 1 aliphatic rings. The Bertz CT molecular complexity index is 879. The first-order valence-electron chi connectivity index (χ1n) is 8.98. The molecule has 6 heteroatoms. The van der Waals surface area contributed by atoms with E-state index < -0.39 is 5.41 Å². The summed E-state index contributed by atoms with van der Waals surface area (Å²) in [5, 5.41) is 2.92. The van der Waals surface area contributed by atoms with Crippen molar-refractivity contribution in [1.82, 2.24) is 0 Å². The first kappa shape index (κ1) is 19.7. The highest BCUT2D eigenvalue weighted by Gasteiger charge is 2.37. The van der Waals surface area contributed by atoms with Crippen LogP contribution in [0.25, 0.3) is 0 Å². The van der Waals surface area contributed by atoms with Crippen LogP contribution in [0, 0.1) is 8.99 Å². The predicted molar refractivity (Wildman–Crippen MR) is 115 cm³/mol. The zero-order valence-corrected chi connectivity index (χ0v) is 17.9. The standard InChI is InChI=1S/C21H23IN2O3/c1-4-11-24-17-10-9-14(12-18(17)27-13-21(2,3)20(24)26)23-19(25)15-7-5-6-8-16(15)22/h5-10,12H,4,11,13H2,1-3H3,(H,23,25). The monoisotopic (exact) mass is 478 g/mol. The van der Waals surface area contributed by atoms with Crippen molar-refractivity contribution in [2.45, 2.75) is 27.2 Å². The van der Waals surface area contributed by atoms with Crippen LogP contribution in [-0.4, -0.2) is 25.0 Å². The SMILES string of the molecule is CCCN1C(=O)C(C)(C)COc2cc(NC(=O)c3ccccc3I)ccc21. The van der Waals surface area contributed by atoms with Gasteiger partial charge in [-0.05, 0) is 67.1 Å². The maximum Gasteiger partial charge on any atom is 0.256 e. The Kier molecular flexibility index (Phi) is 5.74. The van der Waals surface area contributed by atoms with E-state index in [1.54, 1.807) is 17.0 Å². The van der Waals surface area contributed by atoms with Crippen LogP contribution in [0.1, 0.15) is 37.6 Å². The van der Waals surface area contributed by atoms with Gasteiger partial charge >= 0.3 is 0 Å². The molecule has 0 saturated carbocycles. The summed E-state index contributed by atoms with van der Waals surface area (Å²) in [6.45, 7) is 6.76. The first-order chi connectivity index (χ1) is 12.8. The van der Waals surface area contributed by atoms with Crippen molar-refractivity contribution in [3.05, 3.63) is 51.6 Å². The minimum atomic E-state index is -0.599. The van der Waals surface area contributed by atoms with Crippen LogP contribution in [0.5, 0.6) is 5.75 Å². The van der Waals surface area contributed by atoms with Crippen molar-refractivity contribution < 1.29 is 14.3 Å². The molecule has 1 aliphatic heterocycles. The lowest BCUT2D eigenvalue weighted by atomic mass is 9.93. The third-order valence-electron chi connectivity index (χ3n) is 4.49. The second-order valence-corrected chi connectivity index (χ2v) is 8.41. The fourth-order valence-corrected chi connectivity index (χ4v) is 3.65. The number of halogens is 1. The highest BCUT2D eigenvalue weighted by Crippen LogP contribution is 2.38. The van der Waals surface area contributed by atoms with E-state index >= 15 is 0 Å². The topological polar surface area (TPSA) is 58.6 Å². The summed E-state index contributed by atoms with van der Waals surface area (Å²) in [5.41, 5.74) is 1.41. The molecule has 1 heterocycles. The first-order valence-corrected chi connectivity index (χ1v) is 10.1. The molecule has 2 aromatic rings. The number of rotatable bonds is 4. The molecule has 5 nitrogen and oxygen atoms in total. The fourth-order valence-electron chi connectivity index (χ4n) is 3.01. The van der Waals surface area contributed by atoms with Crippen molar-refractivity contribution in [3.63, 3.8) is 0 Å². The van der Waals surface area contributed by atoms with E-state index in [0.717, 1.165) is 15.7 Å². The molecule has 0 saturated heterocycles. The summed E-state index contributed by atoms with van der Waals surface area (Å²) in [5.74, 6) is 0.497. The van der Waals surface area contributed by atoms with Gasteiger partial charge in [0.1, 0.15) is 12.4 Å². The Balaban J connectivity index is 1.90. The molecule has 0 radical (unpaired) electrons.